The van der Waals surface area contributed by atoms with Gasteiger partial charge in [0.1, 0.15) is 0 Å². The number of nitrogens with zero attached hydrogens (tertiary/aromatic N) is 2. The Labute approximate surface area is 105 Å². The van der Waals surface area contributed by atoms with Crippen LogP contribution in [0.15, 0.2) is 28.0 Å². The standard InChI is InChI=1S/C13H16N2O3/c1-15-10-4-5-11(15)8-9(7-10)14-18-13(16)12-3-2-6-17-12/h2-3,6,10-11H,4-5,7-8H2,1H3/t10-,11-/m0/s1. The molecule has 3 rings (SSSR count). The molecule has 0 N–H and O–H groups in total. The number of carbonyl (C=O) groups excluding carboxylic acids is 1. The number of rotatable bonds is 2. The summed E-state index contributed by atoms with van der Waals surface area (Å²) < 4.78 is 4.95. The Morgan fingerprint density at radius 1 is 1.44 bits per heavy atom. The first kappa shape index (κ1) is 11.5. The van der Waals surface area contributed by atoms with E-state index in [-0.39, 0.29) is 5.76 Å². The van der Waals surface area contributed by atoms with Crippen LogP contribution in [-0.2, 0) is 4.84 Å². The quantitative estimate of drug-likeness (QED) is 0.593. The Bertz CT molecular complexity index is 451. The average Bonchev–Trinajstić information content (AvgIpc) is 2.94. The second kappa shape index (κ2) is 4.57. The Hall–Kier alpha value is -1.62. The highest BCUT2D eigenvalue weighted by atomic mass is 16.7. The smallest absolute Gasteiger partial charge is 0.400 e. The monoisotopic (exact) mass is 248 g/mol. The summed E-state index contributed by atoms with van der Waals surface area (Å²) >= 11 is 0. The molecule has 3 heterocycles. The summed E-state index contributed by atoms with van der Waals surface area (Å²) in [6.07, 6.45) is 5.68. The van der Waals surface area contributed by atoms with E-state index >= 15 is 0 Å². The molecule has 96 valence electrons. The molecule has 18 heavy (non-hydrogen) atoms. The largest absolute Gasteiger partial charge is 0.457 e. The van der Waals surface area contributed by atoms with E-state index in [9.17, 15) is 4.79 Å². The molecule has 5 heteroatoms. The fourth-order valence-electron chi connectivity index (χ4n) is 2.83. The second-order valence-corrected chi connectivity index (χ2v) is 4.97. The van der Waals surface area contributed by atoms with Crippen molar-refractivity contribution < 1.29 is 14.0 Å². The van der Waals surface area contributed by atoms with Crippen LogP contribution in [0.25, 0.3) is 0 Å². The maximum absolute atomic E-state index is 11.6. The third-order valence-corrected chi connectivity index (χ3v) is 3.91. The molecule has 0 amide bonds. The van der Waals surface area contributed by atoms with Crippen LogP contribution in [0.1, 0.15) is 36.2 Å². The minimum Gasteiger partial charge on any atom is -0.457 e. The van der Waals surface area contributed by atoms with Crippen molar-refractivity contribution in [3.05, 3.63) is 24.2 Å². The summed E-state index contributed by atoms with van der Waals surface area (Å²) in [7, 11) is 2.16. The molecular formula is C13H16N2O3. The van der Waals surface area contributed by atoms with Crippen molar-refractivity contribution in [3.63, 3.8) is 0 Å². The Morgan fingerprint density at radius 2 is 2.17 bits per heavy atom. The van der Waals surface area contributed by atoms with Gasteiger partial charge < -0.3 is 9.25 Å². The Kier molecular flexibility index (Phi) is 2.91. The van der Waals surface area contributed by atoms with E-state index in [2.05, 4.69) is 17.1 Å². The zero-order valence-corrected chi connectivity index (χ0v) is 10.3. The Balaban J connectivity index is 1.63. The van der Waals surface area contributed by atoms with Crippen molar-refractivity contribution in [3.8, 4) is 0 Å². The lowest BCUT2D eigenvalue weighted by atomic mass is 10.0. The maximum Gasteiger partial charge on any atom is 0.400 e. The van der Waals surface area contributed by atoms with Crippen LogP contribution in [0.4, 0.5) is 0 Å². The molecule has 5 nitrogen and oxygen atoms in total. The summed E-state index contributed by atoms with van der Waals surface area (Å²) in [5, 5.41) is 3.99. The topological polar surface area (TPSA) is 55.0 Å². The van der Waals surface area contributed by atoms with Gasteiger partial charge in [0, 0.05) is 24.9 Å². The number of hydrogen-bond acceptors (Lipinski definition) is 5. The van der Waals surface area contributed by atoms with Gasteiger partial charge in [-0.2, -0.15) is 0 Å². The molecular weight excluding hydrogens is 232 g/mol. The van der Waals surface area contributed by atoms with Gasteiger partial charge in [0.2, 0.25) is 5.76 Å². The van der Waals surface area contributed by atoms with Gasteiger partial charge in [-0.1, -0.05) is 5.16 Å². The van der Waals surface area contributed by atoms with Crippen LogP contribution in [0.5, 0.6) is 0 Å². The molecule has 1 aromatic heterocycles. The lowest BCUT2D eigenvalue weighted by Gasteiger charge is -2.31. The highest BCUT2D eigenvalue weighted by molar-refractivity contribution is 5.89. The molecule has 0 spiro atoms. The van der Waals surface area contributed by atoms with E-state index < -0.39 is 5.97 Å². The number of hydrogen-bond donors (Lipinski definition) is 0. The summed E-state index contributed by atoms with van der Waals surface area (Å²) in [6.45, 7) is 0. The van der Waals surface area contributed by atoms with Crippen molar-refractivity contribution in [1.82, 2.24) is 4.90 Å². The van der Waals surface area contributed by atoms with Crippen molar-refractivity contribution in [2.45, 2.75) is 37.8 Å². The second-order valence-electron chi connectivity index (χ2n) is 4.97. The number of oxime groups is 1. The van der Waals surface area contributed by atoms with E-state index in [0.29, 0.717) is 12.1 Å². The number of fused-ring (bicyclic) bond motifs is 2. The van der Waals surface area contributed by atoms with Gasteiger partial charge in [0.25, 0.3) is 0 Å². The fourth-order valence-corrected chi connectivity index (χ4v) is 2.83. The van der Waals surface area contributed by atoms with Crippen LogP contribution >= 0.6 is 0 Å². The van der Waals surface area contributed by atoms with E-state index in [4.69, 9.17) is 9.25 Å². The van der Waals surface area contributed by atoms with Crippen molar-refractivity contribution >= 4 is 11.7 Å². The van der Waals surface area contributed by atoms with Crippen LogP contribution in [0, 0.1) is 0 Å². The zero-order valence-electron chi connectivity index (χ0n) is 10.3. The van der Waals surface area contributed by atoms with E-state index in [0.717, 1.165) is 18.6 Å². The molecule has 0 unspecified atom stereocenters. The molecule has 2 aliphatic rings. The highest BCUT2D eigenvalue weighted by Crippen LogP contribution is 2.32. The van der Waals surface area contributed by atoms with Crippen LogP contribution in [0.2, 0.25) is 0 Å². The summed E-state index contributed by atoms with van der Waals surface area (Å²) in [4.78, 5) is 18.9. The van der Waals surface area contributed by atoms with Gasteiger partial charge >= 0.3 is 5.97 Å². The fraction of sp³-hybridized carbons (Fsp3) is 0.538. The van der Waals surface area contributed by atoms with Gasteiger partial charge in [0.05, 0.1) is 12.0 Å². The molecule has 1 aromatic rings. The lowest BCUT2D eigenvalue weighted by Crippen LogP contribution is -2.40. The molecule has 2 bridgehead atoms. The average molecular weight is 248 g/mol. The predicted octanol–water partition coefficient (Wildman–Crippen LogP) is 2.05. The predicted molar refractivity (Wildman–Crippen MR) is 65.4 cm³/mol. The lowest BCUT2D eigenvalue weighted by molar-refractivity contribution is 0.0474. The van der Waals surface area contributed by atoms with E-state index in [1.165, 1.54) is 19.1 Å². The third kappa shape index (κ3) is 2.06. The summed E-state index contributed by atoms with van der Waals surface area (Å²) in [5.74, 6) is -0.339. The Morgan fingerprint density at radius 3 is 2.78 bits per heavy atom. The molecule has 2 fully saturated rings. The minimum absolute atomic E-state index is 0.190. The van der Waals surface area contributed by atoms with Crippen molar-refractivity contribution in [2.24, 2.45) is 5.16 Å². The molecule has 2 aliphatic heterocycles. The highest BCUT2D eigenvalue weighted by Gasteiger charge is 2.37. The molecule has 0 aromatic carbocycles. The molecule has 2 saturated heterocycles. The number of furan rings is 1. The maximum atomic E-state index is 11.6. The molecule has 2 atom stereocenters. The molecule has 0 radical (unpaired) electrons. The van der Waals surface area contributed by atoms with Gasteiger partial charge in [-0.25, -0.2) is 4.79 Å². The van der Waals surface area contributed by atoms with Gasteiger partial charge in [-0.05, 0) is 32.0 Å². The summed E-state index contributed by atoms with van der Waals surface area (Å²) in [6, 6.07) is 4.34. The number of carbonyl (C=O) groups is 1. The van der Waals surface area contributed by atoms with Crippen molar-refractivity contribution in [1.29, 1.82) is 0 Å². The van der Waals surface area contributed by atoms with Gasteiger partial charge in [-0.3, -0.25) is 4.90 Å². The van der Waals surface area contributed by atoms with Crippen LogP contribution in [0.3, 0.4) is 0 Å². The van der Waals surface area contributed by atoms with E-state index in [1.54, 1.807) is 12.1 Å². The molecule has 0 saturated carbocycles. The third-order valence-electron chi connectivity index (χ3n) is 3.91. The van der Waals surface area contributed by atoms with Gasteiger partial charge in [0.15, 0.2) is 0 Å². The first-order valence-electron chi connectivity index (χ1n) is 6.26. The van der Waals surface area contributed by atoms with Gasteiger partial charge in [-0.15, -0.1) is 0 Å². The SMILES string of the molecule is CN1[C@H]2CC[C@H]1CC(=NOC(=O)c1ccco1)C2. The zero-order chi connectivity index (χ0) is 12.5. The number of piperidine rings is 1. The molecule has 0 aliphatic carbocycles. The van der Waals surface area contributed by atoms with E-state index in [1.807, 2.05) is 0 Å². The first-order valence-corrected chi connectivity index (χ1v) is 6.26. The minimum atomic E-state index is -0.529. The summed E-state index contributed by atoms with van der Waals surface area (Å²) in [5.41, 5.74) is 0.987. The normalized spacial score (nSPS) is 27.3. The van der Waals surface area contributed by atoms with Crippen molar-refractivity contribution in [2.75, 3.05) is 7.05 Å². The first-order chi connectivity index (χ1) is 8.74. The van der Waals surface area contributed by atoms with Crippen LogP contribution in [-0.4, -0.2) is 35.7 Å². The van der Waals surface area contributed by atoms with Crippen LogP contribution < -0.4 is 0 Å².